The minimum absolute atomic E-state index is 0.0119. The van der Waals surface area contributed by atoms with Gasteiger partial charge in [0.15, 0.2) is 9.84 Å². The van der Waals surface area contributed by atoms with E-state index >= 15 is 0 Å². The van der Waals surface area contributed by atoms with Gasteiger partial charge in [-0.3, -0.25) is 4.79 Å². The standard InChI is InChI=1S/C11H13BrFNO3S/c1-2-18(16,17)7-6-14-11(15)8-4-3-5-9(13)10(8)12/h3-5H,2,6-7H2,1H3,(H,14,15). The van der Waals surface area contributed by atoms with Gasteiger partial charge in [0, 0.05) is 12.3 Å². The van der Waals surface area contributed by atoms with Gasteiger partial charge < -0.3 is 5.32 Å². The Morgan fingerprint density at radius 1 is 1.44 bits per heavy atom. The lowest BCUT2D eigenvalue weighted by molar-refractivity contribution is 0.0955. The highest BCUT2D eigenvalue weighted by molar-refractivity contribution is 9.10. The summed E-state index contributed by atoms with van der Waals surface area (Å²) in [5.74, 6) is -1.13. The molecule has 1 aromatic rings. The second-order valence-electron chi connectivity index (χ2n) is 3.59. The van der Waals surface area contributed by atoms with Crippen LogP contribution in [-0.4, -0.2) is 32.4 Å². The lowest BCUT2D eigenvalue weighted by Crippen LogP contribution is -2.29. The molecule has 0 aliphatic rings. The van der Waals surface area contributed by atoms with Crippen molar-refractivity contribution in [3.63, 3.8) is 0 Å². The van der Waals surface area contributed by atoms with Crippen LogP contribution in [0.4, 0.5) is 4.39 Å². The number of rotatable bonds is 5. The van der Waals surface area contributed by atoms with E-state index in [4.69, 9.17) is 0 Å². The molecule has 0 atom stereocenters. The van der Waals surface area contributed by atoms with Crippen LogP contribution >= 0.6 is 15.9 Å². The molecule has 7 heteroatoms. The van der Waals surface area contributed by atoms with Gasteiger partial charge in [-0.1, -0.05) is 13.0 Å². The number of sulfone groups is 1. The second kappa shape index (κ2) is 6.29. The number of hydrogen-bond acceptors (Lipinski definition) is 3. The zero-order valence-electron chi connectivity index (χ0n) is 9.74. The monoisotopic (exact) mass is 337 g/mol. The molecule has 1 amide bonds. The van der Waals surface area contributed by atoms with Crippen molar-refractivity contribution in [2.45, 2.75) is 6.92 Å². The van der Waals surface area contributed by atoms with Crippen LogP contribution in [0.25, 0.3) is 0 Å². The van der Waals surface area contributed by atoms with Crippen LogP contribution < -0.4 is 5.32 Å². The molecule has 1 aromatic carbocycles. The first-order valence-electron chi connectivity index (χ1n) is 5.30. The summed E-state index contributed by atoms with van der Waals surface area (Å²) in [5.41, 5.74) is 0.142. The molecule has 4 nitrogen and oxygen atoms in total. The first-order valence-corrected chi connectivity index (χ1v) is 7.91. The molecule has 0 saturated heterocycles. The van der Waals surface area contributed by atoms with Crippen molar-refractivity contribution in [3.8, 4) is 0 Å². The molecule has 0 saturated carbocycles. The minimum Gasteiger partial charge on any atom is -0.351 e. The summed E-state index contributed by atoms with van der Waals surface area (Å²) in [4.78, 5) is 11.7. The molecule has 0 bridgehead atoms. The molecule has 0 aromatic heterocycles. The largest absolute Gasteiger partial charge is 0.351 e. The Morgan fingerprint density at radius 3 is 2.72 bits per heavy atom. The molecular formula is C11H13BrFNO3S. The maximum Gasteiger partial charge on any atom is 0.252 e. The van der Waals surface area contributed by atoms with Gasteiger partial charge >= 0.3 is 0 Å². The van der Waals surface area contributed by atoms with Crippen molar-refractivity contribution >= 4 is 31.7 Å². The number of carbonyl (C=O) groups is 1. The summed E-state index contributed by atoms with van der Waals surface area (Å²) in [6, 6.07) is 4.09. The number of carbonyl (C=O) groups excluding carboxylic acids is 1. The van der Waals surface area contributed by atoms with E-state index in [-0.39, 0.29) is 28.1 Å². The predicted octanol–water partition coefficient (Wildman–Crippen LogP) is 1.75. The molecule has 0 radical (unpaired) electrons. The molecule has 1 rings (SSSR count). The molecular weight excluding hydrogens is 325 g/mol. The Bertz CT molecular complexity index is 545. The third kappa shape index (κ3) is 4.06. The van der Waals surface area contributed by atoms with E-state index in [0.29, 0.717) is 0 Å². The summed E-state index contributed by atoms with van der Waals surface area (Å²) in [6.45, 7) is 1.55. The van der Waals surface area contributed by atoms with Crippen LogP contribution in [0.2, 0.25) is 0 Å². The van der Waals surface area contributed by atoms with Gasteiger partial charge in [0.1, 0.15) is 5.82 Å². The highest BCUT2D eigenvalue weighted by atomic mass is 79.9. The number of halogens is 2. The maximum absolute atomic E-state index is 13.2. The summed E-state index contributed by atoms with van der Waals surface area (Å²) >= 11 is 2.97. The van der Waals surface area contributed by atoms with E-state index in [9.17, 15) is 17.6 Å². The van der Waals surface area contributed by atoms with Crippen molar-refractivity contribution in [1.29, 1.82) is 0 Å². The number of benzene rings is 1. The van der Waals surface area contributed by atoms with Gasteiger partial charge in [-0.15, -0.1) is 0 Å². The lowest BCUT2D eigenvalue weighted by Gasteiger charge is -2.07. The molecule has 18 heavy (non-hydrogen) atoms. The van der Waals surface area contributed by atoms with Crippen LogP contribution in [0.15, 0.2) is 22.7 Å². The summed E-state index contributed by atoms with van der Waals surface area (Å²) in [5, 5.41) is 2.44. The first-order chi connectivity index (χ1) is 8.37. The predicted molar refractivity (Wildman–Crippen MR) is 70.8 cm³/mol. The van der Waals surface area contributed by atoms with Crippen LogP contribution in [0.5, 0.6) is 0 Å². The second-order valence-corrected chi connectivity index (χ2v) is 6.86. The Morgan fingerprint density at radius 2 is 2.11 bits per heavy atom. The third-order valence-corrected chi connectivity index (χ3v) is 4.85. The fourth-order valence-electron chi connectivity index (χ4n) is 1.24. The first kappa shape index (κ1) is 15.1. The van der Waals surface area contributed by atoms with E-state index in [1.807, 2.05) is 0 Å². The molecule has 100 valence electrons. The smallest absolute Gasteiger partial charge is 0.252 e. The Hall–Kier alpha value is -0.950. The molecule has 0 unspecified atom stereocenters. The highest BCUT2D eigenvalue weighted by Gasteiger charge is 2.14. The molecule has 1 N–H and O–H groups in total. The third-order valence-electron chi connectivity index (χ3n) is 2.33. The van der Waals surface area contributed by atoms with Gasteiger partial charge in [-0.25, -0.2) is 12.8 Å². The van der Waals surface area contributed by atoms with Gasteiger partial charge in [-0.2, -0.15) is 0 Å². The van der Waals surface area contributed by atoms with E-state index in [1.165, 1.54) is 18.2 Å². The zero-order valence-corrected chi connectivity index (χ0v) is 12.1. The topological polar surface area (TPSA) is 63.2 Å². The van der Waals surface area contributed by atoms with Crippen LogP contribution in [0.1, 0.15) is 17.3 Å². The normalized spacial score (nSPS) is 11.3. The maximum atomic E-state index is 13.2. The SMILES string of the molecule is CCS(=O)(=O)CCNC(=O)c1cccc(F)c1Br. The highest BCUT2D eigenvalue weighted by Crippen LogP contribution is 2.20. The number of amides is 1. The fraction of sp³-hybridized carbons (Fsp3) is 0.364. The van der Waals surface area contributed by atoms with E-state index < -0.39 is 21.6 Å². The summed E-state index contributed by atoms with van der Waals surface area (Å²) < 4.78 is 35.7. The van der Waals surface area contributed by atoms with Gasteiger partial charge in [0.05, 0.1) is 15.8 Å². The van der Waals surface area contributed by atoms with Crippen LogP contribution in [0.3, 0.4) is 0 Å². The number of hydrogen-bond donors (Lipinski definition) is 1. The quantitative estimate of drug-likeness (QED) is 0.890. The summed E-state index contributed by atoms with van der Waals surface area (Å²) in [6.07, 6.45) is 0. The van der Waals surface area contributed by atoms with E-state index in [0.717, 1.165) is 0 Å². The molecule has 0 aliphatic heterocycles. The zero-order chi connectivity index (χ0) is 13.8. The van der Waals surface area contributed by atoms with Crippen LogP contribution in [0, 0.1) is 5.82 Å². The summed E-state index contributed by atoms with van der Waals surface area (Å²) in [7, 11) is -3.12. The average molecular weight is 338 g/mol. The van der Waals surface area contributed by atoms with Crippen molar-refractivity contribution in [3.05, 3.63) is 34.1 Å². The molecule has 0 heterocycles. The van der Waals surface area contributed by atoms with Gasteiger partial charge in [0.2, 0.25) is 0 Å². The minimum atomic E-state index is -3.12. The Labute approximate surface area is 114 Å². The fourth-order valence-corrected chi connectivity index (χ4v) is 2.38. The van der Waals surface area contributed by atoms with E-state index in [1.54, 1.807) is 6.92 Å². The molecule has 0 fully saturated rings. The van der Waals surface area contributed by atoms with Crippen molar-refractivity contribution in [1.82, 2.24) is 5.32 Å². The lowest BCUT2D eigenvalue weighted by atomic mass is 10.2. The van der Waals surface area contributed by atoms with Crippen molar-refractivity contribution in [2.24, 2.45) is 0 Å². The van der Waals surface area contributed by atoms with Crippen molar-refractivity contribution in [2.75, 3.05) is 18.1 Å². The Balaban J connectivity index is 2.64. The van der Waals surface area contributed by atoms with Crippen molar-refractivity contribution < 1.29 is 17.6 Å². The van der Waals surface area contributed by atoms with E-state index in [2.05, 4.69) is 21.2 Å². The van der Waals surface area contributed by atoms with Crippen LogP contribution in [-0.2, 0) is 9.84 Å². The van der Waals surface area contributed by atoms with Gasteiger partial charge in [-0.05, 0) is 28.1 Å². The average Bonchev–Trinajstić information content (AvgIpc) is 2.32. The number of nitrogens with one attached hydrogen (secondary N) is 1. The van der Waals surface area contributed by atoms with Gasteiger partial charge in [0.25, 0.3) is 5.91 Å². The molecule has 0 aliphatic carbocycles. The molecule has 0 spiro atoms. The Kier molecular flexibility index (Phi) is 5.28.